The molecule has 0 N–H and O–H groups in total. The summed E-state index contributed by atoms with van der Waals surface area (Å²) in [6, 6.07) is 0. The Hall–Kier alpha value is -0.756. The van der Waals surface area contributed by atoms with Gasteiger partial charge < -0.3 is 13.6 Å². The second kappa shape index (κ2) is 11.4. The third kappa shape index (κ3) is 6.73. The molecule has 0 radical (unpaired) electrons. The van der Waals surface area contributed by atoms with Crippen LogP contribution in [0.5, 0.6) is 0 Å². The fourth-order valence-electron chi connectivity index (χ4n) is 7.31. The van der Waals surface area contributed by atoms with Gasteiger partial charge in [0.15, 0.2) is 16.6 Å². The number of carbonyl (C=O) groups is 1. The molecule has 3 fully saturated rings. The fourth-order valence-corrected chi connectivity index (χ4v) is 9.98. The van der Waals surface area contributed by atoms with Crippen molar-refractivity contribution in [3.05, 3.63) is 35.5 Å². The SMILES string of the molecule is C=C1/C(=C/C=C2\CCC[C@]3(C)[C@@H](C(C)(C)C=O)CC[C@@H]23)C[C@@H](O[Si](C)(C)C(C)(C)C)C[C@@H]1O[Si](C)(C)C(C)(C)C. The Labute approximate surface area is 249 Å². The van der Waals surface area contributed by atoms with Crippen molar-refractivity contribution in [3.8, 4) is 0 Å². The van der Waals surface area contributed by atoms with E-state index in [1.807, 2.05) is 0 Å². The van der Waals surface area contributed by atoms with E-state index in [9.17, 15) is 4.79 Å². The molecule has 0 aromatic heterocycles. The highest BCUT2D eigenvalue weighted by molar-refractivity contribution is 6.74. The summed E-state index contributed by atoms with van der Waals surface area (Å²) in [6.45, 7) is 34.8. The molecule has 3 aliphatic rings. The zero-order chi connectivity index (χ0) is 30.5. The standard InChI is InChI=1S/C35H62O3Si2/c1-25-27(18-17-26-16-15-21-35(10)29(26)19-20-31(35)34(8,9)24-36)22-28(37-39(11,12)32(2,3)4)23-30(25)38-40(13,14)33(5,6)7/h17-18,24,28-31H,1,15-16,19-23H2,2-14H3/b26-17+,27-18+/t28-,29+,30+,31-,35+/m1/s1. The monoisotopic (exact) mass is 586 g/mol. The Bertz CT molecular complexity index is 1020. The van der Waals surface area contributed by atoms with Crippen LogP contribution in [0.15, 0.2) is 35.5 Å². The molecule has 3 rings (SSSR count). The molecule has 0 aromatic rings. The second-order valence-electron chi connectivity index (χ2n) is 17.2. The molecule has 0 spiro atoms. The van der Waals surface area contributed by atoms with E-state index in [0.29, 0.717) is 11.8 Å². The molecular formula is C35H62O3Si2. The van der Waals surface area contributed by atoms with Crippen molar-refractivity contribution in [3.63, 3.8) is 0 Å². The molecule has 0 amide bonds. The van der Waals surface area contributed by atoms with E-state index >= 15 is 0 Å². The van der Waals surface area contributed by atoms with Crippen LogP contribution in [0.4, 0.5) is 0 Å². The maximum absolute atomic E-state index is 12.0. The number of fused-ring (bicyclic) bond motifs is 1. The van der Waals surface area contributed by atoms with E-state index < -0.39 is 16.6 Å². The van der Waals surface area contributed by atoms with Crippen molar-refractivity contribution in [2.24, 2.45) is 22.7 Å². The maximum Gasteiger partial charge on any atom is 0.192 e. The minimum absolute atomic E-state index is 0.00920. The lowest BCUT2D eigenvalue weighted by Crippen LogP contribution is -2.49. The molecular weight excluding hydrogens is 525 g/mol. The van der Waals surface area contributed by atoms with Gasteiger partial charge in [0, 0.05) is 11.8 Å². The zero-order valence-electron chi connectivity index (χ0n) is 28.4. The van der Waals surface area contributed by atoms with Crippen LogP contribution in [0.1, 0.15) is 107 Å². The van der Waals surface area contributed by atoms with Gasteiger partial charge in [-0.3, -0.25) is 0 Å². The highest BCUT2D eigenvalue weighted by atomic mass is 28.4. The summed E-state index contributed by atoms with van der Waals surface area (Å²) >= 11 is 0. The van der Waals surface area contributed by atoms with Gasteiger partial charge >= 0.3 is 0 Å². The predicted molar refractivity (Wildman–Crippen MR) is 177 cm³/mol. The Balaban J connectivity index is 1.95. The lowest BCUT2D eigenvalue weighted by atomic mass is 9.58. The van der Waals surface area contributed by atoms with Gasteiger partial charge in [0.25, 0.3) is 0 Å². The highest BCUT2D eigenvalue weighted by Gasteiger charge is 2.54. The van der Waals surface area contributed by atoms with Crippen LogP contribution in [0.2, 0.25) is 36.3 Å². The van der Waals surface area contributed by atoms with Gasteiger partial charge in [0.2, 0.25) is 0 Å². The van der Waals surface area contributed by atoms with Crippen molar-refractivity contribution in [1.29, 1.82) is 0 Å². The molecule has 5 atom stereocenters. The first-order chi connectivity index (χ1) is 18.1. The number of hydrogen-bond donors (Lipinski definition) is 0. The topological polar surface area (TPSA) is 35.5 Å². The molecule has 3 aliphatic carbocycles. The zero-order valence-corrected chi connectivity index (χ0v) is 30.4. The van der Waals surface area contributed by atoms with E-state index in [1.165, 1.54) is 37.5 Å². The predicted octanol–water partition coefficient (Wildman–Crippen LogP) is 10.4. The Kier molecular flexibility index (Phi) is 9.61. The molecule has 3 nitrogen and oxygen atoms in total. The number of carbonyl (C=O) groups excluding carboxylic acids is 1. The van der Waals surface area contributed by atoms with Gasteiger partial charge in [-0.05, 0) is 103 Å². The van der Waals surface area contributed by atoms with Crippen LogP contribution in [0, 0.1) is 22.7 Å². The summed E-state index contributed by atoms with van der Waals surface area (Å²) in [7, 11) is -3.90. The largest absolute Gasteiger partial charge is 0.413 e. The van der Waals surface area contributed by atoms with Gasteiger partial charge in [-0.15, -0.1) is 0 Å². The summed E-state index contributed by atoms with van der Waals surface area (Å²) < 4.78 is 14.1. The van der Waals surface area contributed by atoms with Gasteiger partial charge in [-0.25, -0.2) is 0 Å². The maximum atomic E-state index is 12.0. The first-order valence-electron chi connectivity index (χ1n) is 16.0. The number of rotatable bonds is 7. The Morgan fingerprint density at radius 3 is 2.02 bits per heavy atom. The summed E-state index contributed by atoms with van der Waals surface area (Å²) in [5.41, 5.74) is 3.99. The number of allylic oxidation sites excluding steroid dienone is 3. The van der Waals surface area contributed by atoms with E-state index in [0.717, 1.165) is 24.8 Å². The van der Waals surface area contributed by atoms with Crippen LogP contribution >= 0.6 is 0 Å². The molecule has 228 valence electrons. The van der Waals surface area contributed by atoms with E-state index in [1.54, 1.807) is 5.57 Å². The molecule has 0 heterocycles. The minimum atomic E-state index is -1.98. The number of hydrogen-bond acceptors (Lipinski definition) is 3. The third-order valence-electron chi connectivity index (χ3n) is 11.9. The van der Waals surface area contributed by atoms with E-state index in [2.05, 4.69) is 107 Å². The van der Waals surface area contributed by atoms with Crippen LogP contribution in [-0.4, -0.2) is 35.1 Å². The average Bonchev–Trinajstić information content (AvgIpc) is 3.16. The molecule has 0 saturated heterocycles. The molecule has 5 heteroatoms. The van der Waals surface area contributed by atoms with Crippen molar-refractivity contribution >= 4 is 22.9 Å². The first kappa shape index (κ1) is 33.7. The van der Waals surface area contributed by atoms with E-state index in [4.69, 9.17) is 8.85 Å². The molecule has 0 aliphatic heterocycles. The fraction of sp³-hybridized carbons (Fsp3) is 0.800. The molecule has 0 aromatic carbocycles. The smallest absolute Gasteiger partial charge is 0.192 e. The Morgan fingerprint density at radius 1 is 0.900 bits per heavy atom. The third-order valence-corrected chi connectivity index (χ3v) is 20.9. The van der Waals surface area contributed by atoms with Gasteiger partial charge in [-0.1, -0.05) is 86.6 Å². The van der Waals surface area contributed by atoms with Gasteiger partial charge in [-0.2, -0.15) is 0 Å². The molecule has 3 saturated carbocycles. The normalized spacial score (nSPS) is 33.0. The second-order valence-corrected chi connectivity index (χ2v) is 26.8. The molecule has 40 heavy (non-hydrogen) atoms. The lowest BCUT2D eigenvalue weighted by Gasteiger charge is -2.46. The van der Waals surface area contributed by atoms with Crippen LogP contribution in [0.3, 0.4) is 0 Å². The lowest BCUT2D eigenvalue weighted by molar-refractivity contribution is -0.120. The summed E-state index contributed by atoms with van der Waals surface area (Å²) in [5.74, 6) is 1.02. The molecule has 0 unspecified atom stereocenters. The number of aldehydes is 1. The quantitative estimate of drug-likeness (QED) is 0.220. The Morgan fingerprint density at radius 2 is 1.48 bits per heavy atom. The van der Waals surface area contributed by atoms with E-state index in [-0.39, 0.29) is 33.1 Å². The summed E-state index contributed by atoms with van der Waals surface area (Å²) in [5, 5.41) is 0.317. The molecule has 0 bridgehead atoms. The van der Waals surface area contributed by atoms with Crippen LogP contribution in [-0.2, 0) is 13.6 Å². The van der Waals surface area contributed by atoms with Gasteiger partial charge in [0.05, 0.1) is 12.2 Å². The van der Waals surface area contributed by atoms with Crippen molar-refractivity contribution < 1.29 is 13.6 Å². The van der Waals surface area contributed by atoms with Gasteiger partial charge in [0.1, 0.15) is 6.29 Å². The van der Waals surface area contributed by atoms with Crippen molar-refractivity contribution in [2.75, 3.05) is 0 Å². The van der Waals surface area contributed by atoms with Crippen molar-refractivity contribution in [2.45, 2.75) is 156 Å². The van der Waals surface area contributed by atoms with Crippen LogP contribution < -0.4 is 0 Å². The van der Waals surface area contributed by atoms with Crippen LogP contribution in [0.25, 0.3) is 0 Å². The average molecular weight is 587 g/mol. The summed E-state index contributed by atoms with van der Waals surface area (Å²) in [6.07, 6.45) is 14.0. The first-order valence-corrected chi connectivity index (χ1v) is 21.8. The van der Waals surface area contributed by atoms with Crippen molar-refractivity contribution in [1.82, 2.24) is 0 Å². The summed E-state index contributed by atoms with van der Waals surface area (Å²) in [4.78, 5) is 12.0. The minimum Gasteiger partial charge on any atom is -0.413 e. The highest BCUT2D eigenvalue weighted by Crippen LogP contribution is 2.61.